The number of benzene rings is 1. The number of allylic oxidation sites excluding steroid dienone is 1. The molecular weight excluding hydrogens is 238 g/mol. The summed E-state index contributed by atoms with van der Waals surface area (Å²) in [6, 6.07) is 10.2. The molecule has 104 valence electrons. The largest absolute Gasteiger partial charge is 0.374 e. The Bertz CT molecular complexity index is 420. The average molecular weight is 261 g/mol. The first-order valence-electron chi connectivity index (χ1n) is 6.79. The van der Waals surface area contributed by atoms with Gasteiger partial charge in [0, 0.05) is 11.1 Å². The summed E-state index contributed by atoms with van der Waals surface area (Å²) in [6.07, 6.45) is 3.20. The van der Waals surface area contributed by atoms with Crippen LogP contribution in [0.2, 0.25) is 0 Å². The van der Waals surface area contributed by atoms with Crippen molar-refractivity contribution in [1.82, 2.24) is 5.48 Å². The molecule has 19 heavy (non-hydrogen) atoms. The van der Waals surface area contributed by atoms with Gasteiger partial charge in [0.2, 0.25) is 0 Å². The molecule has 1 aromatic rings. The summed E-state index contributed by atoms with van der Waals surface area (Å²) in [5.74, 6) is 0. The molecule has 0 saturated carbocycles. The van der Waals surface area contributed by atoms with Crippen LogP contribution in [0.15, 0.2) is 42.1 Å². The summed E-state index contributed by atoms with van der Waals surface area (Å²) in [4.78, 5) is 5.61. The van der Waals surface area contributed by atoms with E-state index in [0.717, 1.165) is 12.1 Å². The van der Waals surface area contributed by atoms with E-state index in [-0.39, 0.29) is 11.5 Å². The normalized spacial score (nSPS) is 19.7. The second-order valence-electron chi connectivity index (χ2n) is 5.95. The van der Waals surface area contributed by atoms with Gasteiger partial charge in [0.1, 0.15) is 6.10 Å². The maximum Gasteiger partial charge on any atom is 0.112 e. The third-order valence-electron chi connectivity index (χ3n) is 3.14. The molecule has 2 rings (SSSR count). The monoisotopic (exact) mass is 261 g/mol. The minimum absolute atomic E-state index is 0.0924. The zero-order chi connectivity index (χ0) is 13.7. The Morgan fingerprint density at radius 3 is 2.58 bits per heavy atom. The van der Waals surface area contributed by atoms with Gasteiger partial charge in [-0.25, -0.2) is 0 Å². The van der Waals surface area contributed by atoms with Crippen LogP contribution in [-0.4, -0.2) is 12.7 Å². The summed E-state index contributed by atoms with van der Waals surface area (Å²) in [5, 5.41) is 0. The van der Waals surface area contributed by atoms with Crippen molar-refractivity contribution in [3.63, 3.8) is 0 Å². The predicted molar refractivity (Wildman–Crippen MR) is 76.3 cm³/mol. The SMILES string of the molecule is CC(C)(C)C1=CCC(COCc2ccccc2)ON1. The highest BCUT2D eigenvalue weighted by Crippen LogP contribution is 2.26. The predicted octanol–water partition coefficient (Wildman–Crippen LogP) is 3.43. The molecular formula is C16H23NO2. The molecule has 0 amide bonds. The minimum Gasteiger partial charge on any atom is -0.374 e. The highest BCUT2D eigenvalue weighted by Gasteiger charge is 2.23. The summed E-state index contributed by atoms with van der Waals surface area (Å²) >= 11 is 0. The highest BCUT2D eigenvalue weighted by molar-refractivity contribution is 5.13. The Hall–Kier alpha value is -1.32. The Morgan fingerprint density at radius 1 is 1.26 bits per heavy atom. The van der Waals surface area contributed by atoms with Crippen molar-refractivity contribution < 1.29 is 9.57 Å². The fraction of sp³-hybridized carbons (Fsp3) is 0.500. The van der Waals surface area contributed by atoms with Gasteiger partial charge in [0.15, 0.2) is 0 Å². The second-order valence-corrected chi connectivity index (χ2v) is 5.95. The van der Waals surface area contributed by atoms with E-state index in [4.69, 9.17) is 9.57 Å². The first-order valence-corrected chi connectivity index (χ1v) is 6.79. The molecule has 1 aliphatic heterocycles. The number of hydrogen-bond acceptors (Lipinski definition) is 3. The third kappa shape index (κ3) is 4.37. The number of ether oxygens (including phenoxy) is 1. The van der Waals surface area contributed by atoms with E-state index in [9.17, 15) is 0 Å². The number of hydrogen-bond donors (Lipinski definition) is 1. The molecule has 1 aromatic carbocycles. The lowest BCUT2D eigenvalue weighted by molar-refractivity contribution is -0.0713. The van der Waals surface area contributed by atoms with Crippen LogP contribution in [0.1, 0.15) is 32.8 Å². The van der Waals surface area contributed by atoms with Crippen LogP contribution in [0, 0.1) is 5.41 Å². The van der Waals surface area contributed by atoms with E-state index in [1.165, 1.54) is 5.56 Å². The van der Waals surface area contributed by atoms with Crippen molar-refractivity contribution >= 4 is 0 Å². The van der Waals surface area contributed by atoms with Gasteiger partial charge in [0.25, 0.3) is 0 Å². The quantitative estimate of drug-likeness (QED) is 0.900. The molecule has 1 unspecified atom stereocenters. The molecule has 1 atom stereocenters. The molecule has 0 radical (unpaired) electrons. The molecule has 1 heterocycles. The molecule has 1 aliphatic rings. The highest BCUT2D eigenvalue weighted by atomic mass is 16.7. The van der Waals surface area contributed by atoms with Crippen LogP contribution in [-0.2, 0) is 16.2 Å². The number of rotatable bonds is 4. The van der Waals surface area contributed by atoms with Crippen LogP contribution in [0.3, 0.4) is 0 Å². The topological polar surface area (TPSA) is 30.5 Å². The molecule has 0 fully saturated rings. The van der Waals surface area contributed by atoms with Gasteiger partial charge in [-0.05, 0) is 12.0 Å². The zero-order valence-corrected chi connectivity index (χ0v) is 12.0. The van der Waals surface area contributed by atoms with Crippen LogP contribution in [0.4, 0.5) is 0 Å². The lowest BCUT2D eigenvalue weighted by Crippen LogP contribution is -2.35. The lowest BCUT2D eigenvalue weighted by atomic mass is 9.91. The van der Waals surface area contributed by atoms with Gasteiger partial charge in [-0.1, -0.05) is 57.2 Å². The van der Waals surface area contributed by atoms with Crippen molar-refractivity contribution in [3.05, 3.63) is 47.7 Å². The molecule has 0 aliphatic carbocycles. The van der Waals surface area contributed by atoms with E-state index in [1.807, 2.05) is 18.2 Å². The Kier molecular flexibility index (Phi) is 4.61. The Morgan fingerprint density at radius 2 is 2.00 bits per heavy atom. The molecule has 3 heteroatoms. The van der Waals surface area contributed by atoms with Gasteiger partial charge < -0.3 is 4.74 Å². The smallest absolute Gasteiger partial charge is 0.112 e. The third-order valence-corrected chi connectivity index (χ3v) is 3.14. The summed E-state index contributed by atoms with van der Waals surface area (Å²) in [5.41, 5.74) is 5.48. The molecule has 0 spiro atoms. The lowest BCUT2D eigenvalue weighted by Gasteiger charge is -2.30. The Balaban J connectivity index is 1.73. The van der Waals surface area contributed by atoms with E-state index in [0.29, 0.717) is 13.2 Å². The van der Waals surface area contributed by atoms with Crippen molar-refractivity contribution in [2.45, 2.75) is 39.9 Å². The summed E-state index contributed by atoms with van der Waals surface area (Å²) in [7, 11) is 0. The van der Waals surface area contributed by atoms with Gasteiger partial charge >= 0.3 is 0 Å². The maximum absolute atomic E-state index is 5.69. The van der Waals surface area contributed by atoms with E-state index in [1.54, 1.807) is 0 Å². The van der Waals surface area contributed by atoms with Crippen molar-refractivity contribution in [2.75, 3.05) is 6.61 Å². The second kappa shape index (κ2) is 6.22. The van der Waals surface area contributed by atoms with Gasteiger partial charge in [-0.2, -0.15) is 0 Å². The minimum atomic E-state index is 0.0924. The maximum atomic E-state index is 5.69. The van der Waals surface area contributed by atoms with E-state index < -0.39 is 0 Å². The zero-order valence-electron chi connectivity index (χ0n) is 12.0. The first-order chi connectivity index (χ1) is 9.05. The number of hydroxylamine groups is 1. The van der Waals surface area contributed by atoms with Crippen molar-refractivity contribution in [1.29, 1.82) is 0 Å². The van der Waals surface area contributed by atoms with Crippen LogP contribution in [0.5, 0.6) is 0 Å². The first kappa shape index (κ1) is 14.1. The molecule has 0 aromatic heterocycles. The van der Waals surface area contributed by atoms with E-state index in [2.05, 4.69) is 44.5 Å². The molecule has 3 nitrogen and oxygen atoms in total. The van der Waals surface area contributed by atoms with Gasteiger partial charge in [-0.15, -0.1) is 0 Å². The van der Waals surface area contributed by atoms with Gasteiger partial charge in [-0.3, -0.25) is 10.3 Å². The van der Waals surface area contributed by atoms with Crippen LogP contribution in [0.25, 0.3) is 0 Å². The summed E-state index contributed by atoms with van der Waals surface area (Å²) < 4.78 is 5.69. The van der Waals surface area contributed by atoms with Crippen LogP contribution < -0.4 is 5.48 Å². The van der Waals surface area contributed by atoms with Crippen LogP contribution >= 0.6 is 0 Å². The Labute approximate surface area is 115 Å². The molecule has 1 N–H and O–H groups in total. The van der Waals surface area contributed by atoms with Crippen molar-refractivity contribution in [2.24, 2.45) is 5.41 Å². The summed E-state index contributed by atoms with van der Waals surface area (Å²) in [6.45, 7) is 7.75. The van der Waals surface area contributed by atoms with E-state index >= 15 is 0 Å². The fourth-order valence-corrected chi connectivity index (χ4v) is 1.93. The van der Waals surface area contributed by atoms with Crippen molar-refractivity contribution in [3.8, 4) is 0 Å². The fourth-order valence-electron chi connectivity index (χ4n) is 1.93. The number of nitrogens with one attached hydrogen (secondary N) is 1. The molecule has 0 bridgehead atoms. The molecule has 0 saturated heterocycles. The van der Waals surface area contributed by atoms with Gasteiger partial charge in [0.05, 0.1) is 13.2 Å². The average Bonchev–Trinajstić information content (AvgIpc) is 2.39. The standard InChI is InChI=1S/C16H23NO2/c1-16(2,3)15-10-9-14(19-17-15)12-18-11-13-7-5-4-6-8-13/h4-8,10,14,17H,9,11-12H2,1-3H3.